The van der Waals surface area contributed by atoms with E-state index in [4.69, 9.17) is 40.6 Å². The topological polar surface area (TPSA) is 180 Å². The molecule has 12 nitrogen and oxygen atoms in total. The summed E-state index contributed by atoms with van der Waals surface area (Å²) in [6.07, 6.45) is -8.65. The molecule has 238 valence electrons. The second-order valence-corrected chi connectivity index (χ2v) is 8.73. The number of aromatic nitrogens is 3. The maximum Gasteiger partial charge on any atom is 0.490 e. The van der Waals surface area contributed by atoms with Crippen molar-refractivity contribution in [1.29, 1.82) is 0 Å². The summed E-state index contributed by atoms with van der Waals surface area (Å²) in [5, 5.41) is 20.9. The number of benzene rings is 2. The van der Waals surface area contributed by atoms with E-state index >= 15 is 0 Å². The van der Waals surface area contributed by atoms with Gasteiger partial charge in [0.1, 0.15) is 10.8 Å². The Morgan fingerprint density at radius 3 is 2.14 bits per heavy atom. The van der Waals surface area contributed by atoms with Crippen molar-refractivity contribution in [3.05, 3.63) is 63.2 Å². The molecule has 0 aliphatic heterocycles. The Hall–Kier alpha value is -5.00. The van der Waals surface area contributed by atoms with Crippen LogP contribution in [0, 0.1) is 13.8 Å². The number of oxazole rings is 1. The van der Waals surface area contributed by atoms with Gasteiger partial charge < -0.3 is 30.0 Å². The van der Waals surface area contributed by atoms with E-state index in [1.54, 1.807) is 18.2 Å². The molecule has 0 saturated carbocycles. The number of aryl methyl sites for hydroxylation is 1. The Labute approximate surface area is 247 Å². The molecule has 19 heteroatoms. The molecule has 0 spiro atoms. The maximum absolute atomic E-state index is 11.3. The van der Waals surface area contributed by atoms with Gasteiger partial charge in [-0.3, -0.25) is 4.98 Å². The predicted molar refractivity (Wildman–Crippen MR) is 145 cm³/mol. The van der Waals surface area contributed by atoms with Gasteiger partial charge in [-0.2, -0.15) is 31.3 Å². The summed E-state index contributed by atoms with van der Waals surface area (Å²) in [6, 6.07) is 9.12. The van der Waals surface area contributed by atoms with Gasteiger partial charge in [0, 0.05) is 17.4 Å². The number of halogens is 7. The number of hydrogen-bond donors (Lipinski definition) is 5. The summed E-state index contributed by atoms with van der Waals surface area (Å²) in [5.41, 5.74) is 4.74. The van der Waals surface area contributed by atoms with Crippen molar-refractivity contribution in [2.45, 2.75) is 33.1 Å². The number of fused-ring (bicyclic) bond motifs is 1. The van der Waals surface area contributed by atoms with E-state index in [1.807, 2.05) is 32.9 Å². The molecule has 0 saturated heterocycles. The van der Waals surface area contributed by atoms with Gasteiger partial charge in [-0.1, -0.05) is 11.6 Å². The highest BCUT2D eigenvalue weighted by Crippen LogP contribution is 2.30. The molecule has 5 N–H and O–H groups in total. The average molecular weight is 654 g/mol. The minimum atomic E-state index is -5.08. The third-order valence-electron chi connectivity index (χ3n) is 5.09. The number of aliphatic carboxylic acids is 2. The highest BCUT2D eigenvalue weighted by atomic mass is 35.5. The van der Waals surface area contributed by atoms with Gasteiger partial charge in [0.15, 0.2) is 11.4 Å². The maximum atomic E-state index is 11.3. The van der Waals surface area contributed by atoms with Crippen LogP contribution in [0.15, 0.2) is 45.7 Å². The summed E-state index contributed by atoms with van der Waals surface area (Å²) in [7, 11) is 0. The summed E-state index contributed by atoms with van der Waals surface area (Å²) >= 11 is 6.27. The molecule has 0 aliphatic rings. The van der Waals surface area contributed by atoms with E-state index in [1.165, 1.54) is 6.20 Å². The quantitative estimate of drug-likeness (QED) is 0.147. The zero-order valence-electron chi connectivity index (χ0n) is 22.6. The molecule has 0 atom stereocenters. The molecule has 0 bridgehead atoms. The smallest absolute Gasteiger partial charge is 0.490 e. The number of anilines is 4. The third kappa shape index (κ3) is 10.4. The van der Waals surface area contributed by atoms with Crippen molar-refractivity contribution in [2.24, 2.45) is 0 Å². The highest BCUT2D eigenvalue weighted by molar-refractivity contribution is 6.32. The van der Waals surface area contributed by atoms with Crippen molar-refractivity contribution >= 4 is 57.8 Å². The SMILES string of the molecule is CCOc1cc(Nc2ncc(Cl)c(Nc3ccc4oc(=O)[nH]c4c3)n2)cc(C)c1C.O=C(O)C(F)(F)F.O=C(O)C(F)(F)F. The van der Waals surface area contributed by atoms with Crippen LogP contribution in [0.1, 0.15) is 18.1 Å². The van der Waals surface area contributed by atoms with E-state index in [0.29, 0.717) is 40.2 Å². The number of nitrogens with zero attached hydrogens (tertiary/aromatic N) is 2. The first kappa shape index (κ1) is 35.2. The van der Waals surface area contributed by atoms with Crippen LogP contribution >= 0.6 is 11.6 Å². The second-order valence-electron chi connectivity index (χ2n) is 8.32. The van der Waals surface area contributed by atoms with Crippen molar-refractivity contribution < 1.29 is 55.3 Å². The second kappa shape index (κ2) is 14.5. The van der Waals surface area contributed by atoms with Gasteiger partial charge in [-0.25, -0.2) is 19.4 Å². The molecule has 4 rings (SSSR count). The molecule has 0 unspecified atom stereocenters. The number of alkyl halides is 6. The summed E-state index contributed by atoms with van der Waals surface area (Å²) in [4.78, 5) is 40.5. The van der Waals surface area contributed by atoms with Gasteiger partial charge in [-0.15, -0.1) is 0 Å². The van der Waals surface area contributed by atoms with Crippen molar-refractivity contribution in [1.82, 2.24) is 15.0 Å². The fourth-order valence-electron chi connectivity index (χ4n) is 3.02. The number of aromatic amines is 1. The first-order valence-electron chi connectivity index (χ1n) is 11.9. The monoisotopic (exact) mass is 653 g/mol. The predicted octanol–water partition coefficient (Wildman–Crippen LogP) is 6.33. The number of ether oxygens (including phenoxy) is 1. The third-order valence-corrected chi connectivity index (χ3v) is 5.36. The van der Waals surface area contributed by atoms with Crippen molar-refractivity contribution in [3.8, 4) is 5.75 Å². The van der Waals surface area contributed by atoms with Crippen molar-refractivity contribution in [2.75, 3.05) is 17.2 Å². The number of nitrogens with one attached hydrogen (secondary N) is 3. The molecule has 2 heterocycles. The fraction of sp³-hybridized carbons (Fsp3) is 0.240. The number of hydrogen-bond acceptors (Lipinski definition) is 9. The lowest BCUT2D eigenvalue weighted by molar-refractivity contribution is -0.193. The van der Waals surface area contributed by atoms with E-state index in [9.17, 15) is 31.1 Å². The number of rotatable bonds is 6. The van der Waals surface area contributed by atoms with Gasteiger partial charge >= 0.3 is 30.0 Å². The summed E-state index contributed by atoms with van der Waals surface area (Å²) < 4.78 is 74.2. The Morgan fingerprint density at radius 1 is 1.00 bits per heavy atom. The molecular weight excluding hydrogens is 632 g/mol. The Kier molecular flexibility index (Phi) is 11.6. The highest BCUT2D eigenvalue weighted by Gasteiger charge is 2.38. The average Bonchev–Trinajstić information content (AvgIpc) is 3.28. The first-order chi connectivity index (χ1) is 20.3. The van der Waals surface area contributed by atoms with Gasteiger partial charge in [0.25, 0.3) is 0 Å². The molecule has 44 heavy (non-hydrogen) atoms. The zero-order chi connectivity index (χ0) is 33.4. The van der Waals surface area contributed by atoms with E-state index in [-0.39, 0.29) is 0 Å². The molecule has 0 fully saturated rings. The van der Waals surface area contributed by atoms with Crippen LogP contribution in [0.5, 0.6) is 5.75 Å². The van der Waals surface area contributed by atoms with Crippen LogP contribution in [-0.2, 0) is 9.59 Å². The normalized spacial score (nSPS) is 11.0. The molecular formula is C25H22ClF6N5O7. The lowest BCUT2D eigenvalue weighted by Gasteiger charge is -2.14. The van der Waals surface area contributed by atoms with E-state index in [2.05, 4.69) is 25.6 Å². The first-order valence-corrected chi connectivity index (χ1v) is 12.2. The molecule has 2 aromatic carbocycles. The largest absolute Gasteiger partial charge is 0.494 e. The Balaban J connectivity index is 0.000000402. The van der Waals surface area contributed by atoms with Gasteiger partial charge in [-0.05, 0) is 56.2 Å². The zero-order valence-corrected chi connectivity index (χ0v) is 23.4. The number of carboxylic acid groups (broad SMARTS) is 2. The van der Waals surface area contributed by atoms with Crippen LogP contribution in [0.25, 0.3) is 11.1 Å². The van der Waals surface area contributed by atoms with Gasteiger partial charge in [0.2, 0.25) is 5.95 Å². The van der Waals surface area contributed by atoms with Crippen LogP contribution in [0.3, 0.4) is 0 Å². The van der Waals surface area contributed by atoms with E-state index < -0.39 is 30.0 Å². The number of H-pyrrole nitrogens is 1. The molecule has 0 aliphatic carbocycles. The van der Waals surface area contributed by atoms with Crippen LogP contribution in [0.2, 0.25) is 5.02 Å². The summed E-state index contributed by atoms with van der Waals surface area (Å²) in [6.45, 7) is 6.58. The summed E-state index contributed by atoms with van der Waals surface area (Å²) in [5.74, 6) is -4.40. The number of carboxylic acids is 2. The molecule has 2 aromatic heterocycles. The molecule has 0 amide bonds. The lowest BCUT2D eigenvalue weighted by atomic mass is 10.1. The van der Waals surface area contributed by atoms with Crippen molar-refractivity contribution in [3.63, 3.8) is 0 Å². The minimum Gasteiger partial charge on any atom is -0.494 e. The standard InChI is InChI=1S/C21H20ClN5O3.2C2HF3O2/c1-4-29-18-9-14(7-11(2)12(18)3)25-20-23-10-15(22)19(27-20)24-13-5-6-17-16(8-13)26-21(28)30-17;2*3-2(4,5)1(6)7/h5-10H,4H2,1-3H3,(H,26,28)(H2,23,24,25,27);2*(H,6,7). The van der Waals surface area contributed by atoms with Crippen LogP contribution in [-0.4, -0.2) is 56.1 Å². The molecule has 0 radical (unpaired) electrons. The fourth-order valence-corrected chi connectivity index (χ4v) is 3.15. The lowest BCUT2D eigenvalue weighted by Crippen LogP contribution is -2.21. The van der Waals surface area contributed by atoms with Crippen LogP contribution < -0.4 is 21.1 Å². The van der Waals surface area contributed by atoms with Crippen LogP contribution in [0.4, 0.5) is 49.5 Å². The van der Waals surface area contributed by atoms with E-state index in [0.717, 1.165) is 22.6 Å². The Morgan fingerprint density at radius 2 is 1.59 bits per heavy atom. The van der Waals surface area contributed by atoms with Gasteiger partial charge in [0.05, 0.1) is 18.3 Å². The molecule has 4 aromatic rings. The number of carbonyl (C=O) groups is 2. The Bertz CT molecular complexity index is 1660. The minimum absolute atomic E-state index is 0.358.